The van der Waals surface area contributed by atoms with Gasteiger partial charge in [-0.15, -0.1) is 0 Å². The molecule has 0 aliphatic heterocycles. The molecule has 0 radical (unpaired) electrons. The Hall–Kier alpha value is -4.53. The number of ether oxygens (including phenoxy) is 4. The van der Waals surface area contributed by atoms with Crippen LogP contribution in [0.1, 0.15) is 24.8 Å². The number of amides is 2. The van der Waals surface area contributed by atoms with E-state index in [0.717, 1.165) is 11.3 Å². The topological polar surface area (TPSA) is 112 Å². The molecule has 0 fully saturated rings. The number of nitrogens with one attached hydrogen (secondary N) is 2. The summed E-state index contributed by atoms with van der Waals surface area (Å²) >= 11 is 0. The van der Waals surface area contributed by atoms with Crippen molar-refractivity contribution in [2.75, 3.05) is 31.5 Å². The van der Waals surface area contributed by atoms with E-state index in [9.17, 15) is 14.4 Å². The number of benzene rings is 3. The van der Waals surface area contributed by atoms with Crippen molar-refractivity contribution >= 4 is 29.2 Å². The Morgan fingerprint density at radius 1 is 0.757 bits per heavy atom. The molecule has 0 atom stereocenters. The lowest BCUT2D eigenvalue weighted by Crippen LogP contribution is -2.21. The summed E-state index contributed by atoms with van der Waals surface area (Å²) in [5.41, 5.74) is 2.15. The van der Waals surface area contributed by atoms with Crippen molar-refractivity contribution in [2.24, 2.45) is 0 Å². The molecule has 3 rings (SSSR count). The average molecular weight is 507 g/mol. The smallest absolute Gasteiger partial charge is 0.306 e. The first-order valence-electron chi connectivity index (χ1n) is 11.7. The summed E-state index contributed by atoms with van der Waals surface area (Å²) in [4.78, 5) is 36.3. The Morgan fingerprint density at radius 3 is 2.22 bits per heavy atom. The summed E-state index contributed by atoms with van der Waals surface area (Å²) < 4.78 is 21.1. The van der Waals surface area contributed by atoms with E-state index in [4.69, 9.17) is 18.9 Å². The van der Waals surface area contributed by atoms with Gasteiger partial charge < -0.3 is 29.6 Å². The van der Waals surface area contributed by atoms with Crippen molar-refractivity contribution in [3.8, 4) is 23.0 Å². The van der Waals surface area contributed by atoms with Crippen LogP contribution in [0.3, 0.4) is 0 Å². The van der Waals surface area contributed by atoms with E-state index < -0.39 is 18.5 Å². The van der Waals surface area contributed by atoms with Gasteiger partial charge in [-0.1, -0.05) is 12.1 Å². The fourth-order valence-electron chi connectivity index (χ4n) is 3.34. The Kier molecular flexibility index (Phi) is 9.90. The first-order valence-corrected chi connectivity index (χ1v) is 11.7. The first kappa shape index (κ1) is 27.1. The van der Waals surface area contributed by atoms with Gasteiger partial charge in [-0.05, 0) is 67.4 Å². The third-order valence-corrected chi connectivity index (χ3v) is 5.20. The molecule has 9 heteroatoms. The Bertz CT molecular complexity index is 1230. The van der Waals surface area contributed by atoms with Crippen molar-refractivity contribution in [1.82, 2.24) is 0 Å². The van der Waals surface area contributed by atoms with Crippen LogP contribution in [0.5, 0.6) is 23.0 Å². The minimum atomic E-state index is -0.567. The van der Waals surface area contributed by atoms with Gasteiger partial charge in [0.25, 0.3) is 5.91 Å². The van der Waals surface area contributed by atoms with Crippen molar-refractivity contribution in [2.45, 2.75) is 26.2 Å². The Balaban J connectivity index is 1.34. The first-order chi connectivity index (χ1) is 17.9. The summed E-state index contributed by atoms with van der Waals surface area (Å²) in [6.45, 7) is 1.54. The Morgan fingerprint density at radius 2 is 1.51 bits per heavy atom. The van der Waals surface area contributed by atoms with Gasteiger partial charge in [-0.25, -0.2) is 0 Å². The van der Waals surface area contributed by atoms with E-state index >= 15 is 0 Å². The molecule has 0 spiro atoms. The number of rotatable bonds is 12. The normalized spacial score (nSPS) is 10.2. The van der Waals surface area contributed by atoms with Gasteiger partial charge in [0.05, 0.1) is 19.9 Å². The molecular weight excluding hydrogens is 476 g/mol. The summed E-state index contributed by atoms with van der Waals surface area (Å²) in [5.74, 6) is 1.08. The number of hydrogen-bond donors (Lipinski definition) is 2. The maximum atomic E-state index is 12.2. The molecular formula is C28H30N2O7. The molecule has 3 aromatic carbocycles. The second kappa shape index (κ2) is 13.5. The van der Waals surface area contributed by atoms with Gasteiger partial charge in [-0.2, -0.15) is 0 Å². The molecule has 0 aliphatic carbocycles. The van der Waals surface area contributed by atoms with Crippen molar-refractivity contribution in [1.29, 1.82) is 0 Å². The van der Waals surface area contributed by atoms with E-state index in [-0.39, 0.29) is 25.2 Å². The average Bonchev–Trinajstić information content (AvgIpc) is 2.89. The number of esters is 1. The highest BCUT2D eigenvalue weighted by Crippen LogP contribution is 2.29. The molecule has 9 nitrogen and oxygen atoms in total. The highest BCUT2D eigenvalue weighted by molar-refractivity contribution is 5.94. The van der Waals surface area contributed by atoms with Crippen molar-refractivity contribution in [3.63, 3.8) is 0 Å². The van der Waals surface area contributed by atoms with Crippen LogP contribution in [0.4, 0.5) is 11.4 Å². The number of aryl methyl sites for hydroxylation is 1. The SMILES string of the molecule is COc1ccc(NC(=O)COC(=O)CCCC(=O)Nc2ccc(Oc3cccc(C)c3)cc2)c(OC)c1. The van der Waals surface area contributed by atoms with E-state index in [2.05, 4.69) is 10.6 Å². The van der Waals surface area contributed by atoms with Gasteiger partial charge in [0, 0.05) is 24.6 Å². The van der Waals surface area contributed by atoms with Crippen LogP contribution in [0.15, 0.2) is 66.7 Å². The molecule has 0 saturated heterocycles. The summed E-state index contributed by atoms with van der Waals surface area (Å²) in [7, 11) is 2.99. The minimum absolute atomic E-state index is 0.00975. The minimum Gasteiger partial charge on any atom is -0.497 e. The van der Waals surface area contributed by atoms with Gasteiger partial charge in [-0.3, -0.25) is 14.4 Å². The molecule has 0 heterocycles. The van der Waals surface area contributed by atoms with E-state index in [1.807, 2.05) is 31.2 Å². The predicted octanol–water partition coefficient (Wildman–Crippen LogP) is 5.10. The summed E-state index contributed by atoms with van der Waals surface area (Å²) in [6, 6.07) is 19.7. The molecule has 0 saturated carbocycles. The number of anilines is 2. The Labute approximate surface area is 215 Å². The molecule has 0 bridgehead atoms. The molecule has 2 amide bonds. The van der Waals surface area contributed by atoms with Crippen LogP contribution in [0.25, 0.3) is 0 Å². The summed E-state index contributed by atoms with van der Waals surface area (Å²) in [5, 5.41) is 5.40. The lowest BCUT2D eigenvalue weighted by Gasteiger charge is -2.12. The standard InChI is InChI=1S/C28H30N2O7/c1-19-6-4-7-23(16-19)37-21-12-10-20(11-13-21)29-26(31)8-5-9-28(33)36-18-27(32)30-24-15-14-22(34-2)17-25(24)35-3/h4,6-7,10-17H,5,8-9,18H2,1-3H3,(H,29,31)(H,30,32). The number of hydrogen-bond acceptors (Lipinski definition) is 7. The monoisotopic (exact) mass is 506 g/mol. The fraction of sp³-hybridized carbons (Fsp3) is 0.250. The molecule has 0 unspecified atom stereocenters. The maximum Gasteiger partial charge on any atom is 0.306 e. The molecule has 37 heavy (non-hydrogen) atoms. The predicted molar refractivity (Wildman–Crippen MR) is 139 cm³/mol. The third-order valence-electron chi connectivity index (χ3n) is 5.20. The van der Waals surface area contributed by atoms with Crippen molar-refractivity contribution in [3.05, 3.63) is 72.3 Å². The van der Waals surface area contributed by atoms with Gasteiger partial charge in [0.2, 0.25) is 5.91 Å². The zero-order chi connectivity index (χ0) is 26.6. The van der Waals surface area contributed by atoms with Crippen LogP contribution in [0.2, 0.25) is 0 Å². The largest absolute Gasteiger partial charge is 0.497 e. The molecule has 3 aromatic rings. The number of carbonyl (C=O) groups excluding carboxylic acids is 3. The number of carbonyl (C=O) groups is 3. The van der Waals surface area contributed by atoms with Crippen molar-refractivity contribution < 1.29 is 33.3 Å². The molecule has 0 aliphatic rings. The maximum absolute atomic E-state index is 12.2. The van der Waals surface area contributed by atoms with E-state index in [1.165, 1.54) is 14.2 Å². The van der Waals surface area contributed by atoms with Gasteiger partial charge in [0.15, 0.2) is 6.61 Å². The highest BCUT2D eigenvalue weighted by Gasteiger charge is 2.12. The fourth-order valence-corrected chi connectivity index (χ4v) is 3.34. The lowest BCUT2D eigenvalue weighted by molar-refractivity contribution is -0.147. The highest BCUT2D eigenvalue weighted by atomic mass is 16.5. The second-order valence-electron chi connectivity index (χ2n) is 8.12. The lowest BCUT2D eigenvalue weighted by atomic mass is 10.2. The van der Waals surface area contributed by atoms with E-state index in [0.29, 0.717) is 28.6 Å². The van der Waals surface area contributed by atoms with Crippen LogP contribution in [0, 0.1) is 6.92 Å². The molecule has 2 N–H and O–H groups in total. The van der Waals surface area contributed by atoms with E-state index in [1.54, 1.807) is 42.5 Å². The van der Waals surface area contributed by atoms with Crippen LogP contribution in [-0.2, 0) is 19.1 Å². The second-order valence-corrected chi connectivity index (χ2v) is 8.12. The summed E-state index contributed by atoms with van der Waals surface area (Å²) in [6.07, 6.45) is 0.425. The quantitative estimate of drug-likeness (QED) is 0.329. The van der Waals surface area contributed by atoms with Crippen LogP contribution >= 0.6 is 0 Å². The molecule has 0 aromatic heterocycles. The zero-order valence-electron chi connectivity index (χ0n) is 21.0. The van der Waals surface area contributed by atoms with Crippen LogP contribution < -0.4 is 24.8 Å². The zero-order valence-corrected chi connectivity index (χ0v) is 21.0. The molecule has 194 valence electrons. The van der Waals surface area contributed by atoms with Gasteiger partial charge in [0.1, 0.15) is 23.0 Å². The van der Waals surface area contributed by atoms with Gasteiger partial charge >= 0.3 is 5.97 Å². The third kappa shape index (κ3) is 8.88. The van der Waals surface area contributed by atoms with Crippen LogP contribution in [-0.4, -0.2) is 38.6 Å². The number of methoxy groups -OCH3 is 2.